The molecule has 0 unspecified atom stereocenters. The van der Waals surface area contributed by atoms with Gasteiger partial charge in [0.05, 0.1) is 12.8 Å². The molecule has 0 spiro atoms. The average molecular weight is 308 g/mol. The zero-order valence-electron chi connectivity index (χ0n) is 13.0. The molecule has 0 aliphatic heterocycles. The van der Waals surface area contributed by atoms with Gasteiger partial charge in [-0.25, -0.2) is 4.39 Å². The Balaban J connectivity index is 1.87. The van der Waals surface area contributed by atoms with E-state index in [1.54, 1.807) is 31.5 Å². The Morgan fingerprint density at radius 2 is 1.83 bits per heavy atom. The van der Waals surface area contributed by atoms with Crippen LogP contribution in [0, 0.1) is 12.7 Å². The number of hydrogen-bond donors (Lipinski definition) is 0. The number of ether oxygens (including phenoxy) is 1. The molecule has 0 aliphatic carbocycles. The van der Waals surface area contributed by atoms with Crippen LogP contribution in [0.1, 0.15) is 11.3 Å². The van der Waals surface area contributed by atoms with E-state index in [-0.39, 0.29) is 5.82 Å². The number of benzene rings is 2. The highest BCUT2D eigenvalue weighted by Crippen LogP contribution is 2.20. The second-order valence-electron chi connectivity index (χ2n) is 5.19. The molecule has 1 heterocycles. The smallest absolute Gasteiger partial charge is 0.148 e. The SMILES string of the molecule is COc1ccc(-n2cc(C=Nc3ccccc3F)cc2C)cc1. The molecule has 0 atom stereocenters. The number of aliphatic imine (C=N–C) groups is 1. The molecular formula is C19H17FN2O. The van der Waals surface area contributed by atoms with Crippen molar-refractivity contribution in [3.05, 3.63) is 77.9 Å². The van der Waals surface area contributed by atoms with Crippen molar-refractivity contribution in [1.29, 1.82) is 0 Å². The Kier molecular flexibility index (Phi) is 4.24. The van der Waals surface area contributed by atoms with Gasteiger partial charge < -0.3 is 9.30 Å². The minimum absolute atomic E-state index is 0.324. The van der Waals surface area contributed by atoms with E-state index < -0.39 is 0 Å². The molecule has 0 N–H and O–H groups in total. The number of methoxy groups -OCH3 is 1. The molecule has 0 saturated heterocycles. The summed E-state index contributed by atoms with van der Waals surface area (Å²) >= 11 is 0. The molecule has 3 nitrogen and oxygen atoms in total. The highest BCUT2D eigenvalue weighted by molar-refractivity contribution is 5.82. The zero-order chi connectivity index (χ0) is 16.2. The molecule has 1 aromatic heterocycles. The van der Waals surface area contributed by atoms with Gasteiger partial charge in [0.1, 0.15) is 11.6 Å². The molecule has 0 radical (unpaired) electrons. The normalized spacial score (nSPS) is 11.1. The largest absolute Gasteiger partial charge is 0.497 e. The Labute approximate surface area is 134 Å². The minimum atomic E-state index is -0.324. The molecule has 0 bridgehead atoms. The summed E-state index contributed by atoms with van der Waals surface area (Å²) in [5, 5.41) is 0. The van der Waals surface area contributed by atoms with E-state index in [2.05, 4.69) is 9.56 Å². The van der Waals surface area contributed by atoms with Crippen molar-refractivity contribution in [2.45, 2.75) is 6.92 Å². The first-order valence-corrected chi connectivity index (χ1v) is 7.29. The summed E-state index contributed by atoms with van der Waals surface area (Å²) in [7, 11) is 1.65. The Hall–Kier alpha value is -2.88. The van der Waals surface area contributed by atoms with Gasteiger partial charge in [-0.15, -0.1) is 0 Å². The first-order chi connectivity index (χ1) is 11.2. The van der Waals surface area contributed by atoms with Crippen LogP contribution in [0.4, 0.5) is 10.1 Å². The van der Waals surface area contributed by atoms with Crippen LogP contribution in [-0.4, -0.2) is 17.9 Å². The molecular weight excluding hydrogens is 291 g/mol. The summed E-state index contributed by atoms with van der Waals surface area (Å²) < 4.78 is 20.8. The van der Waals surface area contributed by atoms with Crippen molar-refractivity contribution in [1.82, 2.24) is 4.57 Å². The number of hydrogen-bond acceptors (Lipinski definition) is 2. The molecule has 2 aromatic carbocycles. The van der Waals surface area contributed by atoms with Crippen molar-refractivity contribution in [2.24, 2.45) is 4.99 Å². The van der Waals surface area contributed by atoms with Gasteiger partial charge in [-0.2, -0.15) is 0 Å². The van der Waals surface area contributed by atoms with Crippen molar-refractivity contribution in [3.8, 4) is 11.4 Å². The Morgan fingerprint density at radius 3 is 2.52 bits per heavy atom. The summed E-state index contributed by atoms with van der Waals surface area (Å²) in [5.74, 6) is 0.495. The maximum atomic E-state index is 13.6. The third-order valence-corrected chi connectivity index (χ3v) is 3.59. The zero-order valence-corrected chi connectivity index (χ0v) is 13.0. The number of para-hydroxylation sites is 1. The lowest BCUT2D eigenvalue weighted by Crippen LogP contribution is -1.94. The lowest BCUT2D eigenvalue weighted by Gasteiger charge is -2.06. The van der Waals surface area contributed by atoms with Crippen molar-refractivity contribution in [2.75, 3.05) is 7.11 Å². The van der Waals surface area contributed by atoms with Gasteiger partial charge in [0.15, 0.2) is 0 Å². The van der Waals surface area contributed by atoms with Crippen LogP contribution in [0.3, 0.4) is 0 Å². The molecule has 0 aliphatic rings. The third kappa shape index (κ3) is 3.31. The molecule has 3 aromatic rings. The summed E-state index contributed by atoms with van der Waals surface area (Å²) in [6.07, 6.45) is 3.65. The monoisotopic (exact) mass is 308 g/mol. The molecule has 0 saturated carbocycles. The average Bonchev–Trinajstić information content (AvgIpc) is 2.95. The fraction of sp³-hybridized carbons (Fsp3) is 0.105. The molecule has 4 heteroatoms. The Morgan fingerprint density at radius 1 is 1.09 bits per heavy atom. The minimum Gasteiger partial charge on any atom is -0.497 e. The molecule has 0 fully saturated rings. The molecule has 0 amide bonds. The van der Waals surface area contributed by atoms with Crippen LogP contribution in [0.2, 0.25) is 0 Å². The van der Waals surface area contributed by atoms with Crippen LogP contribution < -0.4 is 4.74 Å². The van der Waals surface area contributed by atoms with E-state index in [0.29, 0.717) is 5.69 Å². The van der Waals surface area contributed by atoms with E-state index in [0.717, 1.165) is 22.7 Å². The van der Waals surface area contributed by atoms with Crippen LogP contribution >= 0.6 is 0 Å². The summed E-state index contributed by atoms with van der Waals surface area (Å²) in [5.41, 5.74) is 3.36. The van der Waals surface area contributed by atoms with Crippen molar-refractivity contribution in [3.63, 3.8) is 0 Å². The van der Waals surface area contributed by atoms with E-state index in [9.17, 15) is 4.39 Å². The molecule has 23 heavy (non-hydrogen) atoms. The van der Waals surface area contributed by atoms with Gasteiger partial charge in [-0.1, -0.05) is 12.1 Å². The lowest BCUT2D eigenvalue weighted by molar-refractivity contribution is 0.414. The van der Waals surface area contributed by atoms with Gasteiger partial charge in [0, 0.05) is 29.4 Å². The maximum Gasteiger partial charge on any atom is 0.148 e. The van der Waals surface area contributed by atoms with Crippen LogP contribution in [-0.2, 0) is 0 Å². The van der Waals surface area contributed by atoms with Gasteiger partial charge in [-0.3, -0.25) is 4.99 Å². The predicted molar refractivity (Wildman–Crippen MR) is 90.7 cm³/mol. The highest BCUT2D eigenvalue weighted by Gasteiger charge is 2.04. The first-order valence-electron chi connectivity index (χ1n) is 7.29. The first kappa shape index (κ1) is 15.0. The predicted octanol–water partition coefficient (Wildman–Crippen LogP) is 4.68. The van der Waals surface area contributed by atoms with Crippen LogP contribution in [0.5, 0.6) is 5.75 Å². The molecule has 116 valence electrons. The van der Waals surface area contributed by atoms with E-state index in [4.69, 9.17) is 4.74 Å². The Bertz CT molecular complexity index is 835. The highest BCUT2D eigenvalue weighted by atomic mass is 19.1. The number of rotatable bonds is 4. The van der Waals surface area contributed by atoms with Gasteiger partial charge in [-0.05, 0) is 49.4 Å². The quantitative estimate of drug-likeness (QED) is 0.643. The van der Waals surface area contributed by atoms with E-state index >= 15 is 0 Å². The maximum absolute atomic E-state index is 13.6. The van der Waals surface area contributed by atoms with E-state index in [1.165, 1.54) is 6.07 Å². The topological polar surface area (TPSA) is 26.5 Å². The van der Waals surface area contributed by atoms with Gasteiger partial charge in [0.25, 0.3) is 0 Å². The second kappa shape index (κ2) is 6.48. The van der Waals surface area contributed by atoms with Crippen LogP contribution in [0.25, 0.3) is 5.69 Å². The summed E-state index contributed by atoms with van der Waals surface area (Å²) in [6.45, 7) is 2.02. The fourth-order valence-corrected chi connectivity index (χ4v) is 2.39. The van der Waals surface area contributed by atoms with Crippen molar-refractivity contribution < 1.29 is 9.13 Å². The van der Waals surface area contributed by atoms with Crippen molar-refractivity contribution >= 4 is 11.9 Å². The van der Waals surface area contributed by atoms with Gasteiger partial charge >= 0.3 is 0 Å². The summed E-state index contributed by atoms with van der Waals surface area (Å²) in [6, 6.07) is 16.3. The van der Waals surface area contributed by atoms with Crippen LogP contribution in [0.15, 0.2) is 65.8 Å². The number of nitrogens with zero attached hydrogens (tertiary/aromatic N) is 2. The second-order valence-corrected chi connectivity index (χ2v) is 5.19. The lowest BCUT2D eigenvalue weighted by atomic mass is 10.3. The number of aryl methyl sites for hydroxylation is 1. The number of halogens is 1. The van der Waals surface area contributed by atoms with E-state index in [1.807, 2.05) is 43.5 Å². The molecule has 3 rings (SSSR count). The standard InChI is InChI=1S/C19H17FN2O/c1-14-11-15(12-21-19-6-4-3-5-18(19)20)13-22(14)16-7-9-17(23-2)10-8-16/h3-13H,1-2H3. The fourth-order valence-electron chi connectivity index (χ4n) is 2.39. The summed E-state index contributed by atoms with van der Waals surface area (Å²) in [4.78, 5) is 4.22. The van der Waals surface area contributed by atoms with Gasteiger partial charge in [0.2, 0.25) is 0 Å². The third-order valence-electron chi connectivity index (χ3n) is 3.59. The number of aromatic nitrogens is 1.